The van der Waals surface area contributed by atoms with Crippen LogP contribution in [0.1, 0.15) is 52.3 Å². The molecule has 1 aliphatic rings. The summed E-state index contributed by atoms with van der Waals surface area (Å²) in [4.78, 5) is 24.4. The summed E-state index contributed by atoms with van der Waals surface area (Å²) in [5, 5.41) is 14.3. The van der Waals surface area contributed by atoms with Crippen LogP contribution in [0.5, 0.6) is 0 Å². The number of hydrogen-bond acceptors (Lipinski definition) is 6. The number of esters is 1. The van der Waals surface area contributed by atoms with Crippen LogP contribution < -0.4 is 10.6 Å². The van der Waals surface area contributed by atoms with E-state index in [4.69, 9.17) is 4.74 Å². The number of ether oxygens (including phenoxy) is 1. The largest absolute Gasteiger partial charge is 0.462 e. The van der Waals surface area contributed by atoms with Gasteiger partial charge >= 0.3 is 5.97 Å². The second-order valence-corrected chi connectivity index (χ2v) is 6.20. The first kappa shape index (κ1) is 18.1. The average Bonchev–Trinajstić information content (AvgIpc) is 3.04. The Kier molecular flexibility index (Phi) is 5.62. The van der Waals surface area contributed by atoms with Gasteiger partial charge in [-0.3, -0.25) is 4.79 Å². The standard InChI is InChI=1S/C18H23N5O3/c1-3-26-18(25)13-5-4-6-14(11-13)20-17(24)16-12(2)23(22-21-16)15-7-9-19-10-8-15/h4-6,11,15,19H,3,7-10H2,1-2H3,(H,20,24). The highest BCUT2D eigenvalue weighted by Gasteiger charge is 2.23. The first-order valence-electron chi connectivity index (χ1n) is 8.81. The molecule has 0 bridgehead atoms. The molecule has 26 heavy (non-hydrogen) atoms. The molecule has 8 heteroatoms. The van der Waals surface area contributed by atoms with Gasteiger partial charge in [-0.2, -0.15) is 0 Å². The quantitative estimate of drug-likeness (QED) is 0.794. The second-order valence-electron chi connectivity index (χ2n) is 6.20. The average molecular weight is 357 g/mol. The van der Waals surface area contributed by atoms with Crippen molar-refractivity contribution in [2.45, 2.75) is 32.7 Å². The predicted octanol–water partition coefficient (Wildman–Crippen LogP) is 1.94. The van der Waals surface area contributed by atoms with Gasteiger partial charge in [-0.25, -0.2) is 9.48 Å². The lowest BCUT2D eigenvalue weighted by molar-refractivity contribution is 0.0526. The molecule has 0 radical (unpaired) electrons. The first-order valence-corrected chi connectivity index (χ1v) is 8.81. The van der Waals surface area contributed by atoms with Crippen LogP contribution in [0, 0.1) is 6.92 Å². The van der Waals surface area contributed by atoms with Gasteiger partial charge in [-0.15, -0.1) is 5.10 Å². The van der Waals surface area contributed by atoms with Crippen LogP contribution in [0.25, 0.3) is 0 Å². The maximum atomic E-state index is 12.6. The number of carbonyl (C=O) groups excluding carboxylic acids is 2. The minimum atomic E-state index is -0.420. The summed E-state index contributed by atoms with van der Waals surface area (Å²) in [6, 6.07) is 6.90. The highest BCUT2D eigenvalue weighted by Crippen LogP contribution is 2.21. The van der Waals surface area contributed by atoms with Crippen LogP contribution in [0.3, 0.4) is 0 Å². The maximum Gasteiger partial charge on any atom is 0.338 e. The van der Waals surface area contributed by atoms with E-state index in [1.54, 1.807) is 31.2 Å². The zero-order valence-electron chi connectivity index (χ0n) is 15.0. The van der Waals surface area contributed by atoms with Gasteiger partial charge in [0, 0.05) is 5.69 Å². The number of nitrogens with zero attached hydrogens (tertiary/aromatic N) is 3. The molecule has 1 aromatic heterocycles. The van der Waals surface area contributed by atoms with E-state index in [1.165, 1.54) is 0 Å². The minimum Gasteiger partial charge on any atom is -0.462 e. The molecule has 1 fully saturated rings. The molecule has 0 saturated carbocycles. The topological polar surface area (TPSA) is 98.1 Å². The Hall–Kier alpha value is -2.74. The van der Waals surface area contributed by atoms with E-state index < -0.39 is 5.97 Å². The van der Waals surface area contributed by atoms with E-state index >= 15 is 0 Å². The number of amides is 1. The lowest BCUT2D eigenvalue weighted by atomic mass is 10.1. The summed E-state index contributed by atoms with van der Waals surface area (Å²) in [7, 11) is 0. The van der Waals surface area contributed by atoms with Crippen LogP contribution in [0.4, 0.5) is 5.69 Å². The fourth-order valence-corrected chi connectivity index (χ4v) is 3.08. The van der Waals surface area contributed by atoms with E-state index in [9.17, 15) is 9.59 Å². The fraction of sp³-hybridized carbons (Fsp3) is 0.444. The molecule has 1 amide bonds. The van der Waals surface area contributed by atoms with Crippen molar-refractivity contribution in [1.82, 2.24) is 20.3 Å². The van der Waals surface area contributed by atoms with Gasteiger partial charge in [0.1, 0.15) is 0 Å². The molecular weight excluding hydrogens is 334 g/mol. The number of nitrogens with one attached hydrogen (secondary N) is 2. The van der Waals surface area contributed by atoms with Crippen molar-refractivity contribution in [1.29, 1.82) is 0 Å². The number of rotatable bonds is 5. The third kappa shape index (κ3) is 3.91. The van der Waals surface area contributed by atoms with Gasteiger partial charge in [0.05, 0.1) is 23.9 Å². The number of hydrogen-bond donors (Lipinski definition) is 2. The minimum absolute atomic E-state index is 0.262. The molecule has 2 N–H and O–H groups in total. The first-order chi connectivity index (χ1) is 12.6. The monoisotopic (exact) mass is 357 g/mol. The zero-order chi connectivity index (χ0) is 18.5. The van der Waals surface area contributed by atoms with Crippen LogP contribution in [0.2, 0.25) is 0 Å². The number of aromatic nitrogens is 3. The molecule has 0 spiro atoms. The molecule has 1 saturated heterocycles. The summed E-state index contributed by atoms with van der Waals surface area (Å²) in [5.74, 6) is -0.764. The molecule has 138 valence electrons. The van der Waals surface area contributed by atoms with E-state index in [1.807, 2.05) is 11.6 Å². The normalized spacial score (nSPS) is 14.8. The fourth-order valence-electron chi connectivity index (χ4n) is 3.08. The Morgan fingerprint density at radius 3 is 2.85 bits per heavy atom. The van der Waals surface area contributed by atoms with E-state index in [0.29, 0.717) is 23.6 Å². The molecule has 2 aromatic rings. The van der Waals surface area contributed by atoms with Gasteiger partial charge in [0.2, 0.25) is 0 Å². The summed E-state index contributed by atoms with van der Waals surface area (Å²) >= 11 is 0. The van der Waals surface area contributed by atoms with Crippen molar-refractivity contribution in [2.75, 3.05) is 25.0 Å². The van der Waals surface area contributed by atoms with Crippen molar-refractivity contribution in [2.24, 2.45) is 0 Å². The SMILES string of the molecule is CCOC(=O)c1cccc(NC(=O)c2nnn(C3CCNCC3)c2C)c1. The highest BCUT2D eigenvalue weighted by atomic mass is 16.5. The van der Waals surface area contributed by atoms with Gasteiger partial charge in [0.25, 0.3) is 5.91 Å². The highest BCUT2D eigenvalue weighted by molar-refractivity contribution is 6.04. The van der Waals surface area contributed by atoms with E-state index in [2.05, 4.69) is 20.9 Å². The van der Waals surface area contributed by atoms with Gasteiger partial charge in [0.15, 0.2) is 5.69 Å². The Labute approximate surface area is 151 Å². The number of anilines is 1. The van der Waals surface area contributed by atoms with Crippen molar-refractivity contribution < 1.29 is 14.3 Å². The Balaban J connectivity index is 1.73. The molecule has 0 aliphatic carbocycles. The van der Waals surface area contributed by atoms with Crippen molar-refractivity contribution in [3.63, 3.8) is 0 Å². The summed E-state index contributed by atoms with van der Waals surface area (Å²) in [6.07, 6.45) is 1.93. The van der Waals surface area contributed by atoms with E-state index in [0.717, 1.165) is 31.6 Å². The Morgan fingerprint density at radius 1 is 1.35 bits per heavy atom. The van der Waals surface area contributed by atoms with Crippen LogP contribution in [-0.2, 0) is 4.74 Å². The second kappa shape index (κ2) is 8.09. The van der Waals surface area contributed by atoms with Crippen molar-refractivity contribution in [3.8, 4) is 0 Å². The molecule has 3 rings (SSSR count). The number of piperidine rings is 1. The number of benzene rings is 1. The van der Waals surface area contributed by atoms with Crippen molar-refractivity contribution in [3.05, 3.63) is 41.2 Å². The molecule has 1 aromatic carbocycles. The lowest BCUT2D eigenvalue weighted by Gasteiger charge is -2.23. The van der Waals surface area contributed by atoms with Gasteiger partial charge in [-0.05, 0) is 58.0 Å². The molecule has 0 unspecified atom stereocenters. The smallest absolute Gasteiger partial charge is 0.338 e. The zero-order valence-corrected chi connectivity index (χ0v) is 15.0. The summed E-state index contributed by atoms with van der Waals surface area (Å²) < 4.78 is 6.82. The summed E-state index contributed by atoms with van der Waals surface area (Å²) in [6.45, 7) is 5.77. The molecule has 8 nitrogen and oxygen atoms in total. The Morgan fingerprint density at radius 2 is 2.12 bits per heavy atom. The molecular formula is C18H23N5O3. The molecule has 0 atom stereocenters. The van der Waals surface area contributed by atoms with Crippen LogP contribution in [-0.4, -0.2) is 46.6 Å². The van der Waals surface area contributed by atoms with Crippen LogP contribution in [0.15, 0.2) is 24.3 Å². The predicted molar refractivity (Wildman–Crippen MR) is 96.3 cm³/mol. The molecule has 1 aliphatic heterocycles. The third-order valence-electron chi connectivity index (χ3n) is 4.43. The third-order valence-corrected chi connectivity index (χ3v) is 4.43. The summed E-state index contributed by atoms with van der Waals surface area (Å²) in [5.41, 5.74) is 1.94. The van der Waals surface area contributed by atoms with E-state index in [-0.39, 0.29) is 11.9 Å². The lowest BCUT2D eigenvalue weighted by Crippen LogP contribution is -2.30. The maximum absolute atomic E-state index is 12.6. The molecule has 2 heterocycles. The van der Waals surface area contributed by atoms with Crippen LogP contribution >= 0.6 is 0 Å². The van der Waals surface area contributed by atoms with Gasteiger partial charge in [-0.1, -0.05) is 11.3 Å². The Bertz CT molecular complexity index is 796. The van der Waals surface area contributed by atoms with Crippen molar-refractivity contribution >= 4 is 17.6 Å². The number of carbonyl (C=O) groups is 2. The van der Waals surface area contributed by atoms with Gasteiger partial charge < -0.3 is 15.4 Å².